The second-order valence-corrected chi connectivity index (χ2v) is 5.17. The molecule has 0 aliphatic rings. The van der Waals surface area contributed by atoms with Crippen molar-refractivity contribution in [3.8, 4) is 0 Å². The van der Waals surface area contributed by atoms with Crippen molar-refractivity contribution in [3.05, 3.63) is 60.0 Å². The molecule has 22 heavy (non-hydrogen) atoms. The number of para-hydroxylation sites is 2. The van der Waals surface area contributed by atoms with Gasteiger partial charge in [0.05, 0.1) is 0 Å². The van der Waals surface area contributed by atoms with Gasteiger partial charge in [-0.3, -0.25) is 4.79 Å². The number of carbonyl (C=O) groups excluding carboxylic acids is 1. The summed E-state index contributed by atoms with van der Waals surface area (Å²) in [6.45, 7) is 2.11. The number of oxazole rings is 1. The third-order valence-corrected chi connectivity index (χ3v) is 3.55. The minimum Gasteiger partial charge on any atom is -0.441 e. The molecule has 0 saturated heterocycles. The Bertz CT molecular complexity index is 742. The van der Waals surface area contributed by atoms with Crippen molar-refractivity contribution in [2.24, 2.45) is 0 Å². The van der Waals surface area contributed by atoms with E-state index in [1.54, 1.807) is 0 Å². The van der Waals surface area contributed by atoms with Crippen LogP contribution in [0.3, 0.4) is 0 Å². The summed E-state index contributed by atoms with van der Waals surface area (Å²) in [4.78, 5) is 16.3. The predicted octanol–water partition coefficient (Wildman–Crippen LogP) is 3.96. The molecule has 3 aromatic rings. The molecule has 0 saturated carbocycles. The average molecular weight is 294 g/mol. The number of fused-ring (bicyclic) bond motifs is 1. The topological polar surface area (TPSA) is 55.1 Å². The van der Waals surface area contributed by atoms with Crippen LogP contribution in [0.4, 0.5) is 5.69 Å². The molecule has 0 aliphatic heterocycles. The van der Waals surface area contributed by atoms with Crippen LogP contribution in [0.25, 0.3) is 11.1 Å². The second-order valence-electron chi connectivity index (χ2n) is 5.17. The smallest absolute Gasteiger partial charge is 0.224 e. The molecule has 0 atom stereocenters. The van der Waals surface area contributed by atoms with Gasteiger partial charge < -0.3 is 9.73 Å². The zero-order chi connectivity index (χ0) is 15.4. The minimum absolute atomic E-state index is 0.0356. The molecule has 4 heteroatoms. The number of rotatable bonds is 5. The van der Waals surface area contributed by atoms with E-state index >= 15 is 0 Å². The summed E-state index contributed by atoms with van der Waals surface area (Å²) in [5, 5.41) is 2.89. The molecule has 0 bridgehead atoms. The first kappa shape index (κ1) is 14.3. The molecule has 0 fully saturated rings. The lowest BCUT2D eigenvalue weighted by Gasteiger charge is -2.05. The van der Waals surface area contributed by atoms with E-state index in [-0.39, 0.29) is 5.91 Å². The van der Waals surface area contributed by atoms with Gasteiger partial charge in [0.25, 0.3) is 0 Å². The Kier molecular flexibility index (Phi) is 4.19. The van der Waals surface area contributed by atoms with Crippen LogP contribution in [0.1, 0.15) is 24.8 Å². The van der Waals surface area contributed by atoms with Gasteiger partial charge in [-0.2, -0.15) is 0 Å². The van der Waals surface area contributed by atoms with E-state index in [9.17, 15) is 4.79 Å². The third kappa shape index (κ3) is 3.34. The van der Waals surface area contributed by atoms with Crippen LogP contribution < -0.4 is 5.32 Å². The molecule has 0 spiro atoms. The van der Waals surface area contributed by atoms with E-state index < -0.39 is 0 Å². The highest BCUT2D eigenvalue weighted by Crippen LogP contribution is 2.16. The fourth-order valence-corrected chi connectivity index (χ4v) is 2.29. The fourth-order valence-electron chi connectivity index (χ4n) is 2.29. The van der Waals surface area contributed by atoms with Gasteiger partial charge in [0, 0.05) is 18.5 Å². The Labute approximate surface area is 129 Å². The number of aromatic nitrogens is 1. The Morgan fingerprint density at radius 3 is 2.64 bits per heavy atom. The first-order chi connectivity index (χ1) is 10.7. The maximum atomic E-state index is 12.0. The number of nitrogens with one attached hydrogen (secondary N) is 1. The first-order valence-corrected chi connectivity index (χ1v) is 7.48. The first-order valence-electron chi connectivity index (χ1n) is 7.48. The summed E-state index contributed by atoms with van der Waals surface area (Å²) >= 11 is 0. The molecular weight excluding hydrogens is 276 g/mol. The van der Waals surface area contributed by atoms with Crippen molar-refractivity contribution < 1.29 is 9.21 Å². The number of hydrogen-bond donors (Lipinski definition) is 1. The SMILES string of the molecule is CCc1ccc(NC(=O)CCc2nc3ccccc3o2)cc1. The maximum Gasteiger partial charge on any atom is 0.224 e. The summed E-state index contributed by atoms with van der Waals surface area (Å²) in [6.07, 6.45) is 1.84. The quantitative estimate of drug-likeness (QED) is 0.775. The number of benzene rings is 2. The van der Waals surface area contributed by atoms with Gasteiger partial charge in [-0.05, 0) is 36.2 Å². The summed E-state index contributed by atoms with van der Waals surface area (Å²) < 4.78 is 5.61. The number of anilines is 1. The van der Waals surface area contributed by atoms with Gasteiger partial charge in [-0.1, -0.05) is 31.2 Å². The molecule has 3 rings (SSSR count). The van der Waals surface area contributed by atoms with Gasteiger partial charge in [0.2, 0.25) is 5.91 Å². The Hall–Kier alpha value is -2.62. The molecular formula is C18H18N2O2. The van der Waals surface area contributed by atoms with Crippen molar-refractivity contribution >= 4 is 22.7 Å². The number of amides is 1. The van der Waals surface area contributed by atoms with Gasteiger partial charge in [-0.15, -0.1) is 0 Å². The van der Waals surface area contributed by atoms with Gasteiger partial charge in [-0.25, -0.2) is 4.98 Å². The Balaban J connectivity index is 1.57. The van der Waals surface area contributed by atoms with E-state index in [2.05, 4.69) is 17.2 Å². The lowest BCUT2D eigenvalue weighted by Crippen LogP contribution is -2.12. The zero-order valence-corrected chi connectivity index (χ0v) is 12.5. The highest BCUT2D eigenvalue weighted by Gasteiger charge is 2.08. The second kappa shape index (κ2) is 6.43. The largest absolute Gasteiger partial charge is 0.441 e. The highest BCUT2D eigenvalue weighted by atomic mass is 16.3. The molecule has 0 aliphatic carbocycles. The number of aryl methyl sites for hydroxylation is 2. The molecule has 4 nitrogen and oxygen atoms in total. The molecule has 0 unspecified atom stereocenters. The third-order valence-electron chi connectivity index (χ3n) is 3.55. The summed E-state index contributed by atoms with van der Waals surface area (Å²) in [7, 11) is 0. The standard InChI is InChI=1S/C18H18N2O2/c1-2-13-7-9-14(10-8-13)19-17(21)11-12-18-20-15-5-3-4-6-16(15)22-18/h3-10H,2,11-12H2,1H3,(H,19,21). The van der Waals surface area contributed by atoms with Crippen LogP contribution in [0.2, 0.25) is 0 Å². The molecule has 0 radical (unpaired) electrons. The Morgan fingerprint density at radius 1 is 1.14 bits per heavy atom. The van der Waals surface area contributed by atoms with Crippen LogP contribution in [0.15, 0.2) is 52.9 Å². The molecule has 112 valence electrons. The monoisotopic (exact) mass is 294 g/mol. The van der Waals surface area contributed by atoms with Crippen molar-refractivity contribution in [1.29, 1.82) is 0 Å². The zero-order valence-electron chi connectivity index (χ0n) is 12.5. The van der Waals surface area contributed by atoms with E-state index in [1.807, 2.05) is 48.5 Å². The van der Waals surface area contributed by atoms with Gasteiger partial charge >= 0.3 is 0 Å². The number of carbonyl (C=O) groups is 1. The molecule has 1 amide bonds. The van der Waals surface area contributed by atoms with Gasteiger partial charge in [0.1, 0.15) is 5.52 Å². The van der Waals surface area contributed by atoms with Crippen molar-refractivity contribution in [1.82, 2.24) is 4.98 Å². The number of nitrogens with zero attached hydrogens (tertiary/aromatic N) is 1. The Morgan fingerprint density at radius 2 is 1.91 bits per heavy atom. The van der Waals surface area contributed by atoms with Crippen LogP contribution in [0, 0.1) is 0 Å². The van der Waals surface area contributed by atoms with Crippen molar-refractivity contribution in [3.63, 3.8) is 0 Å². The minimum atomic E-state index is -0.0356. The van der Waals surface area contributed by atoms with Crippen LogP contribution in [-0.4, -0.2) is 10.9 Å². The summed E-state index contributed by atoms with van der Waals surface area (Å²) in [6, 6.07) is 15.5. The normalized spacial score (nSPS) is 10.8. The van der Waals surface area contributed by atoms with Crippen molar-refractivity contribution in [2.45, 2.75) is 26.2 Å². The van der Waals surface area contributed by atoms with Crippen LogP contribution in [0.5, 0.6) is 0 Å². The number of hydrogen-bond acceptors (Lipinski definition) is 3. The lowest BCUT2D eigenvalue weighted by molar-refractivity contribution is -0.116. The van der Waals surface area contributed by atoms with E-state index in [0.717, 1.165) is 23.2 Å². The predicted molar refractivity (Wildman–Crippen MR) is 86.8 cm³/mol. The van der Waals surface area contributed by atoms with E-state index in [1.165, 1.54) is 5.56 Å². The lowest BCUT2D eigenvalue weighted by atomic mass is 10.1. The van der Waals surface area contributed by atoms with Gasteiger partial charge in [0.15, 0.2) is 11.5 Å². The van der Waals surface area contributed by atoms with E-state index in [0.29, 0.717) is 18.7 Å². The van der Waals surface area contributed by atoms with Crippen molar-refractivity contribution in [2.75, 3.05) is 5.32 Å². The molecule has 1 aromatic heterocycles. The summed E-state index contributed by atoms with van der Waals surface area (Å²) in [5.41, 5.74) is 3.66. The fraction of sp³-hybridized carbons (Fsp3) is 0.222. The van der Waals surface area contributed by atoms with Crippen LogP contribution >= 0.6 is 0 Å². The van der Waals surface area contributed by atoms with E-state index in [4.69, 9.17) is 4.42 Å². The molecule has 1 heterocycles. The van der Waals surface area contributed by atoms with Crippen LogP contribution in [-0.2, 0) is 17.6 Å². The maximum absolute atomic E-state index is 12.0. The molecule has 1 N–H and O–H groups in total. The average Bonchev–Trinajstić information content (AvgIpc) is 2.96. The molecule has 2 aromatic carbocycles. The highest BCUT2D eigenvalue weighted by molar-refractivity contribution is 5.90. The summed E-state index contributed by atoms with van der Waals surface area (Å²) in [5.74, 6) is 0.559.